The van der Waals surface area contributed by atoms with Crippen LogP contribution in [0.3, 0.4) is 0 Å². The Bertz CT molecular complexity index is 625. The maximum Gasteiger partial charge on any atom is 0.325 e. The molecule has 21 heavy (non-hydrogen) atoms. The van der Waals surface area contributed by atoms with Gasteiger partial charge in [-0.1, -0.05) is 30.0 Å². The van der Waals surface area contributed by atoms with Gasteiger partial charge in [-0.15, -0.1) is 11.3 Å². The summed E-state index contributed by atoms with van der Waals surface area (Å²) in [5.74, 6) is -1.31. The molecule has 0 spiro atoms. The predicted octanol–water partition coefficient (Wildman–Crippen LogP) is 3.03. The maximum absolute atomic E-state index is 11.9. The Morgan fingerprint density at radius 2 is 2.00 bits per heavy atom. The molecule has 1 atom stereocenters. The van der Waals surface area contributed by atoms with Crippen molar-refractivity contribution < 1.29 is 14.7 Å². The molecule has 0 saturated heterocycles. The number of nitrogens with one attached hydrogen (secondary N) is 1. The first kappa shape index (κ1) is 15.6. The highest BCUT2D eigenvalue weighted by Gasteiger charge is 2.16. The zero-order valence-electron chi connectivity index (χ0n) is 11.4. The van der Waals surface area contributed by atoms with Gasteiger partial charge in [0.15, 0.2) is 0 Å². The summed E-state index contributed by atoms with van der Waals surface area (Å²) in [6.45, 7) is 1.45. The first-order valence-electron chi connectivity index (χ1n) is 6.37. The number of aliphatic carboxylic acids is 1. The van der Waals surface area contributed by atoms with Crippen LogP contribution in [0.2, 0.25) is 0 Å². The van der Waals surface area contributed by atoms with Crippen LogP contribution in [-0.2, 0) is 16.0 Å². The Hall–Kier alpha value is -1.79. The molecule has 0 saturated carbocycles. The summed E-state index contributed by atoms with van der Waals surface area (Å²) in [7, 11) is 0. The largest absolute Gasteiger partial charge is 0.480 e. The highest BCUT2D eigenvalue weighted by Crippen LogP contribution is 2.34. The van der Waals surface area contributed by atoms with E-state index in [1.165, 1.54) is 6.92 Å². The number of hydrogen-bond acceptors (Lipinski definition) is 4. The van der Waals surface area contributed by atoms with Gasteiger partial charge in [-0.05, 0) is 36.1 Å². The van der Waals surface area contributed by atoms with Gasteiger partial charge in [0, 0.05) is 4.90 Å². The highest BCUT2D eigenvalue weighted by atomic mass is 32.2. The number of carboxylic acid groups (broad SMARTS) is 1. The molecule has 2 N–H and O–H groups in total. The van der Waals surface area contributed by atoms with Crippen LogP contribution in [0.15, 0.2) is 50.9 Å². The molecule has 0 aliphatic heterocycles. The number of amides is 1. The third kappa shape index (κ3) is 4.61. The van der Waals surface area contributed by atoms with Gasteiger partial charge >= 0.3 is 5.97 Å². The predicted molar refractivity (Wildman–Crippen MR) is 83.8 cm³/mol. The molecule has 1 amide bonds. The average molecular weight is 321 g/mol. The fourth-order valence-corrected chi connectivity index (χ4v) is 3.74. The molecule has 0 fully saturated rings. The summed E-state index contributed by atoms with van der Waals surface area (Å²) >= 11 is 3.19. The van der Waals surface area contributed by atoms with Gasteiger partial charge in [0.25, 0.3) is 0 Å². The van der Waals surface area contributed by atoms with E-state index in [2.05, 4.69) is 5.32 Å². The van der Waals surface area contributed by atoms with Crippen LogP contribution in [0.25, 0.3) is 0 Å². The van der Waals surface area contributed by atoms with E-state index in [-0.39, 0.29) is 12.3 Å². The number of thiophene rings is 1. The highest BCUT2D eigenvalue weighted by molar-refractivity contribution is 8.01. The Kier molecular flexibility index (Phi) is 5.41. The molecule has 1 aromatic carbocycles. The minimum absolute atomic E-state index is 0.191. The second-order valence-electron chi connectivity index (χ2n) is 4.45. The van der Waals surface area contributed by atoms with E-state index >= 15 is 0 Å². The first-order valence-corrected chi connectivity index (χ1v) is 8.07. The SMILES string of the molecule is C[C@H](NC(=O)Cc1ccsc1Sc1ccccc1)C(=O)O. The Balaban J connectivity index is 2.00. The van der Waals surface area contributed by atoms with Gasteiger partial charge in [-0.2, -0.15) is 0 Å². The fraction of sp³-hybridized carbons (Fsp3) is 0.200. The van der Waals surface area contributed by atoms with Crippen molar-refractivity contribution in [3.05, 3.63) is 47.3 Å². The monoisotopic (exact) mass is 321 g/mol. The Morgan fingerprint density at radius 3 is 2.67 bits per heavy atom. The fourth-order valence-electron chi connectivity index (χ4n) is 1.67. The van der Waals surface area contributed by atoms with Gasteiger partial charge in [0.2, 0.25) is 5.91 Å². The van der Waals surface area contributed by atoms with Crippen LogP contribution in [-0.4, -0.2) is 23.0 Å². The lowest BCUT2D eigenvalue weighted by molar-refractivity contribution is -0.141. The van der Waals surface area contributed by atoms with E-state index in [1.54, 1.807) is 23.1 Å². The number of benzene rings is 1. The average Bonchev–Trinajstić information content (AvgIpc) is 2.86. The van der Waals surface area contributed by atoms with E-state index in [9.17, 15) is 9.59 Å². The quantitative estimate of drug-likeness (QED) is 0.858. The third-order valence-electron chi connectivity index (χ3n) is 2.76. The lowest BCUT2D eigenvalue weighted by atomic mass is 10.2. The molecule has 1 aromatic heterocycles. The van der Waals surface area contributed by atoms with Gasteiger partial charge in [0.1, 0.15) is 6.04 Å². The topological polar surface area (TPSA) is 66.4 Å². The van der Waals surface area contributed by atoms with E-state index in [0.29, 0.717) is 0 Å². The van der Waals surface area contributed by atoms with Gasteiger partial charge in [0.05, 0.1) is 10.6 Å². The molecule has 2 rings (SSSR count). The zero-order chi connectivity index (χ0) is 15.2. The summed E-state index contributed by atoms with van der Waals surface area (Å²) in [6, 6.07) is 11.0. The molecular formula is C15H15NO3S2. The molecule has 0 aliphatic carbocycles. The van der Waals surface area contributed by atoms with Crippen molar-refractivity contribution in [2.45, 2.75) is 28.5 Å². The maximum atomic E-state index is 11.9. The molecular weight excluding hydrogens is 306 g/mol. The molecule has 0 aliphatic rings. The van der Waals surface area contributed by atoms with Crippen LogP contribution >= 0.6 is 23.1 Å². The Morgan fingerprint density at radius 1 is 1.29 bits per heavy atom. The summed E-state index contributed by atoms with van der Waals surface area (Å²) in [5, 5.41) is 13.2. The van der Waals surface area contributed by atoms with Crippen LogP contribution in [0.5, 0.6) is 0 Å². The summed E-state index contributed by atoms with van der Waals surface area (Å²) in [5.41, 5.74) is 0.920. The van der Waals surface area contributed by atoms with Gasteiger partial charge in [-0.25, -0.2) is 0 Å². The Labute approximate surface area is 131 Å². The van der Waals surface area contributed by atoms with Gasteiger partial charge in [-0.3, -0.25) is 9.59 Å². The van der Waals surface area contributed by atoms with Crippen molar-refractivity contribution in [2.24, 2.45) is 0 Å². The van der Waals surface area contributed by atoms with Crippen molar-refractivity contribution in [1.82, 2.24) is 5.32 Å². The second kappa shape index (κ2) is 7.28. The molecule has 1 heterocycles. The van der Waals surface area contributed by atoms with Crippen LogP contribution in [0, 0.1) is 0 Å². The standard InChI is InChI=1S/C15H15NO3S2/c1-10(14(18)19)16-13(17)9-11-7-8-20-15(11)21-12-5-3-2-4-6-12/h2-8,10H,9H2,1H3,(H,16,17)(H,18,19)/t10-/m0/s1. The van der Waals surface area contributed by atoms with Gasteiger partial charge < -0.3 is 10.4 Å². The molecule has 4 nitrogen and oxygen atoms in total. The molecule has 0 radical (unpaired) electrons. The first-order chi connectivity index (χ1) is 10.1. The minimum Gasteiger partial charge on any atom is -0.480 e. The molecule has 6 heteroatoms. The number of carbonyl (C=O) groups is 2. The van der Waals surface area contributed by atoms with Crippen LogP contribution in [0.4, 0.5) is 0 Å². The van der Waals surface area contributed by atoms with Crippen LogP contribution in [0.1, 0.15) is 12.5 Å². The van der Waals surface area contributed by atoms with Crippen molar-refractivity contribution in [3.63, 3.8) is 0 Å². The molecule has 0 bridgehead atoms. The van der Waals surface area contributed by atoms with Crippen molar-refractivity contribution >= 4 is 35.0 Å². The number of rotatable bonds is 6. The second-order valence-corrected chi connectivity index (χ2v) is 6.71. The van der Waals surface area contributed by atoms with E-state index in [4.69, 9.17) is 5.11 Å². The smallest absolute Gasteiger partial charge is 0.325 e. The lowest BCUT2D eigenvalue weighted by Gasteiger charge is -2.09. The van der Waals surface area contributed by atoms with E-state index in [0.717, 1.165) is 14.7 Å². The summed E-state index contributed by atoms with van der Waals surface area (Å²) < 4.78 is 1.05. The van der Waals surface area contributed by atoms with Crippen molar-refractivity contribution in [3.8, 4) is 0 Å². The summed E-state index contributed by atoms with van der Waals surface area (Å²) in [6.07, 6.45) is 0.191. The number of carbonyl (C=O) groups excluding carboxylic acids is 1. The third-order valence-corrected chi connectivity index (χ3v) is 5.00. The number of carboxylic acids is 1. The van der Waals surface area contributed by atoms with Crippen molar-refractivity contribution in [1.29, 1.82) is 0 Å². The minimum atomic E-state index is -1.03. The molecule has 0 unspecified atom stereocenters. The normalized spacial score (nSPS) is 11.9. The van der Waals surface area contributed by atoms with E-state index < -0.39 is 12.0 Å². The summed E-state index contributed by atoms with van der Waals surface area (Å²) in [4.78, 5) is 23.7. The van der Waals surface area contributed by atoms with Crippen LogP contribution < -0.4 is 5.32 Å². The van der Waals surface area contributed by atoms with E-state index in [1.807, 2.05) is 41.8 Å². The zero-order valence-corrected chi connectivity index (χ0v) is 13.0. The van der Waals surface area contributed by atoms with Crippen molar-refractivity contribution in [2.75, 3.05) is 0 Å². The number of hydrogen-bond donors (Lipinski definition) is 2. The molecule has 110 valence electrons. The lowest BCUT2D eigenvalue weighted by Crippen LogP contribution is -2.39. The molecule has 2 aromatic rings.